The van der Waals surface area contributed by atoms with Crippen LogP contribution in [-0.4, -0.2) is 49.6 Å². The fourth-order valence-corrected chi connectivity index (χ4v) is 3.19. The third kappa shape index (κ3) is 2.43. The molecule has 1 N–H and O–H groups in total. The van der Waals surface area contributed by atoms with E-state index in [1.54, 1.807) is 13.8 Å². The molecule has 2 rings (SSSR count). The summed E-state index contributed by atoms with van der Waals surface area (Å²) in [5.41, 5.74) is 0.300. The quantitative estimate of drug-likeness (QED) is 0.464. The zero-order chi connectivity index (χ0) is 16.8. The number of hydrogen-bond acceptors (Lipinski definition) is 5. The number of amides is 2. The lowest BCUT2D eigenvalue weighted by atomic mass is 10.0. The first-order valence-corrected chi connectivity index (χ1v) is 7.16. The van der Waals surface area contributed by atoms with Crippen molar-refractivity contribution in [3.63, 3.8) is 0 Å². The molecule has 2 heterocycles. The molecule has 0 aliphatic carbocycles. The van der Waals surface area contributed by atoms with Gasteiger partial charge in [-0.3, -0.25) is 24.2 Å². The standard InChI is InChI=1S/C14H16N2O5S/c1-6(2)12(14(20)21)15-9(5-11(15)19)16-10(18)4-8(7(3)17)13(16)22/h8-9H,4-5H2,1-3H3,(H,20,21). The van der Waals surface area contributed by atoms with Gasteiger partial charge in [0.05, 0.1) is 17.3 Å². The topological polar surface area (TPSA) is 95.0 Å². The Morgan fingerprint density at radius 1 is 1.14 bits per heavy atom. The van der Waals surface area contributed by atoms with Crippen LogP contribution in [-0.2, 0) is 19.2 Å². The Morgan fingerprint density at radius 2 is 1.73 bits per heavy atom. The fourth-order valence-electron chi connectivity index (χ4n) is 2.72. The van der Waals surface area contributed by atoms with Crippen molar-refractivity contribution in [2.24, 2.45) is 5.92 Å². The molecule has 2 aliphatic heterocycles. The van der Waals surface area contributed by atoms with Crippen molar-refractivity contribution in [1.82, 2.24) is 9.80 Å². The van der Waals surface area contributed by atoms with Crippen molar-refractivity contribution in [2.75, 3.05) is 0 Å². The lowest BCUT2D eigenvalue weighted by molar-refractivity contribution is -0.157. The molecule has 2 saturated heterocycles. The van der Waals surface area contributed by atoms with Gasteiger partial charge < -0.3 is 5.11 Å². The van der Waals surface area contributed by atoms with E-state index in [4.69, 9.17) is 12.2 Å². The molecule has 0 aromatic rings. The van der Waals surface area contributed by atoms with Gasteiger partial charge in [-0.15, -0.1) is 0 Å². The third-order valence-electron chi connectivity index (χ3n) is 3.81. The van der Waals surface area contributed by atoms with Gasteiger partial charge in [-0.2, -0.15) is 0 Å². The van der Waals surface area contributed by atoms with Gasteiger partial charge >= 0.3 is 5.97 Å². The van der Waals surface area contributed by atoms with Gasteiger partial charge in [0.15, 0.2) is 0 Å². The lowest BCUT2D eigenvalue weighted by Gasteiger charge is -2.45. The summed E-state index contributed by atoms with van der Waals surface area (Å²) < 4.78 is 0. The van der Waals surface area contributed by atoms with Crippen LogP contribution in [0.3, 0.4) is 0 Å². The Hall–Kier alpha value is -2.09. The number of carboxylic acids is 1. The minimum absolute atomic E-state index is 0.000560. The zero-order valence-corrected chi connectivity index (χ0v) is 13.3. The van der Waals surface area contributed by atoms with Crippen LogP contribution >= 0.6 is 12.2 Å². The maximum absolute atomic E-state index is 12.1. The van der Waals surface area contributed by atoms with Gasteiger partial charge in [-0.1, -0.05) is 12.2 Å². The molecule has 0 saturated carbocycles. The number of hydrogen-bond donors (Lipinski definition) is 1. The van der Waals surface area contributed by atoms with Gasteiger partial charge in [0.1, 0.15) is 17.6 Å². The van der Waals surface area contributed by atoms with Crippen LogP contribution in [0.4, 0.5) is 0 Å². The first-order valence-electron chi connectivity index (χ1n) is 6.76. The van der Waals surface area contributed by atoms with Crippen LogP contribution in [0.25, 0.3) is 0 Å². The molecule has 7 nitrogen and oxygen atoms in total. The van der Waals surface area contributed by atoms with E-state index in [1.165, 1.54) is 11.8 Å². The number of rotatable bonds is 4. The van der Waals surface area contributed by atoms with Crippen molar-refractivity contribution in [1.29, 1.82) is 0 Å². The normalized spacial score (nSPS) is 24.4. The van der Waals surface area contributed by atoms with Gasteiger partial charge in [0, 0.05) is 6.42 Å². The van der Waals surface area contributed by atoms with Gasteiger partial charge in [0.25, 0.3) is 0 Å². The smallest absolute Gasteiger partial charge is 0.352 e. The van der Waals surface area contributed by atoms with E-state index in [2.05, 4.69) is 0 Å². The average molecular weight is 324 g/mol. The van der Waals surface area contributed by atoms with E-state index in [0.29, 0.717) is 5.57 Å². The summed E-state index contributed by atoms with van der Waals surface area (Å²) >= 11 is 5.18. The van der Waals surface area contributed by atoms with E-state index in [9.17, 15) is 24.3 Å². The van der Waals surface area contributed by atoms with Crippen molar-refractivity contribution in [3.8, 4) is 0 Å². The zero-order valence-electron chi connectivity index (χ0n) is 12.5. The minimum atomic E-state index is -1.24. The Labute approximate surface area is 132 Å². The number of allylic oxidation sites excluding steroid dienone is 1. The summed E-state index contributed by atoms with van der Waals surface area (Å²) in [5.74, 6) is -2.85. The van der Waals surface area contributed by atoms with Crippen molar-refractivity contribution >= 4 is 40.8 Å². The number of nitrogens with zero attached hydrogens (tertiary/aromatic N) is 2. The highest BCUT2D eigenvalue weighted by Crippen LogP contribution is 2.34. The summed E-state index contributed by atoms with van der Waals surface area (Å²) in [6.45, 7) is 4.51. The molecule has 2 aliphatic rings. The Kier molecular flexibility index (Phi) is 4.15. The van der Waals surface area contributed by atoms with E-state index >= 15 is 0 Å². The summed E-state index contributed by atoms with van der Waals surface area (Å²) in [4.78, 5) is 49.3. The number of likely N-dealkylation sites (tertiary alicyclic amines) is 2. The summed E-state index contributed by atoms with van der Waals surface area (Å²) in [6, 6.07) is 0. The Morgan fingerprint density at radius 3 is 2.09 bits per heavy atom. The van der Waals surface area contributed by atoms with Gasteiger partial charge in [0.2, 0.25) is 11.8 Å². The Balaban J connectivity index is 2.34. The number of ketones is 1. The summed E-state index contributed by atoms with van der Waals surface area (Å²) in [5, 5.41) is 9.29. The Bertz CT molecular complexity index is 635. The van der Waals surface area contributed by atoms with Crippen molar-refractivity contribution < 1.29 is 24.3 Å². The molecule has 0 aromatic heterocycles. The molecule has 2 atom stereocenters. The molecular formula is C14H16N2O5S. The highest BCUT2D eigenvalue weighted by Gasteiger charge is 2.51. The third-order valence-corrected chi connectivity index (χ3v) is 4.29. The molecular weight excluding hydrogens is 308 g/mol. The summed E-state index contributed by atoms with van der Waals surface area (Å²) in [6.07, 6.45) is -0.775. The van der Waals surface area contributed by atoms with E-state index in [-0.39, 0.29) is 41.1 Å². The van der Waals surface area contributed by atoms with E-state index < -0.39 is 18.1 Å². The maximum atomic E-state index is 12.1. The first kappa shape index (κ1) is 16.3. The van der Waals surface area contributed by atoms with Crippen LogP contribution in [0.2, 0.25) is 0 Å². The molecule has 2 amide bonds. The highest BCUT2D eigenvalue weighted by molar-refractivity contribution is 7.80. The molecule has 2 unspecified atom stereocenters. The second-order valence-electron chi connectivity index (χ2n) is 5.57. The average Bonchev–Trinajstić information content (AvgIpc) is 2.68. The molecule has 0 aromatic carbocycles. The van der Waals surface area contributed by atoms with Gasteiger partial charge in [-0.25, -0.2) is 4.79 Å². The number of Topliss-reactive ketones (excluding diaryl/α,β-unsaturated/α-hetero) is 1. The monoisotopic (exact) mass is 324 g/mol. The molecule has 8 heteroatoms. The van der Waals surface area contributed by atoms with Crippen LogP contribution in [0.1, 0.15) is 33.6 Å². The van der Waals surface area contributed by atoms with Crippen LogP contribution < -0.4 is 0 Å². The van der Waals surface area contributed by atoms with Crippen molar-refractivity contribution in [3.05, 3.63) is 11.3 Å². The van der Waals surface area contributed by atoms with Crippen LogP contribution in [0.15, 0.2) is 11.3 Å². The predicted molar refractivity (Wildman–Crippen MR) is 79.5 cm³/mol. The lowest BCUT2D eigenvalue weighted by Crippen LogP contribution is -2.62. The molecule has 0 radical (unpaired) electrons. The van der Waals surface area contributed by atoms with E-state index in [1.807, 2.05) is 0 Å². The molecule has 2 fully saturated rings. The molecule has 118 valence electrons. The highest BCUT2D eigenvalue weighted by atomic mass is 32.1. The maximum Gasteiger partial charge on any atom is 0.352 e. The fraction of sp³-hybridized carbons (Fsp3) is 0.500. The molecule has 0 bridgehead atoms. The van der Waals surface area contributed by atoms with Gasteiger partial charge in [-0.05, 0) is 26.3 Å². The largest absolute Gasteiger partial charge is 0.477 e. The summed E-state index contributed by atoms with van der Waals surface area (Å²) in [7, 11) is 0. The van der Waals surface area contributed by atoms with E-state index in [0.717, 1.165) is 4.90 Å². The van der Waals surface area contributed by atoms with Crippen molar-refractivity contribution in [2.45, 2.75) is 39.8 Å². The SMILES string of the molecule is CC(=O)C1CC(=O)N(C2CC(=O)N2C(C(=O)O)=C(C)C)C1=S. The second-order valence-corrected chi connectivity index (χ2v) is 5.99. The number of β-lactam (4-membered cyclic amide) rings is 1. The first-order chi connectivity index (χ1) is 10.2. The number of carbonyl (C=O) groups is 4. The minimum Gasteiger partial charge on any atom is -0.477 e. The number of carboxylic acid groups (broad SMARTS) is 1. The molecule has 22 heavy (non-hydrogen) atoms. The van der Waals surface area contributed by atoms with Crippen LogP contribution in [0, 0.1) is 5.92 Å². The van der Waals surface area contributed by atoms with Crippen LogP contribution in [0.5, 0.6) is 0 Å². The molecule has 0 spiro atoms. The number of carbonyl (C=O) groups excluding carboxylic acids is 3. The number of aliphatic carboxylic acids is 1. The second kappa shape index (κ2) is 5.60. The number of thiocarbonyl (C=S) groups is 1. The predicted octanol–water partition coefficient (Wildman–Crippen LogP) is 0.688.